The quantitative estimate of drug-likeness (QED) is 0.897. The molecular weight excluding hydrogens is 258 g/mol. The number of hydrogen-bond donors (Lipinski definition) is 1. The van der Waals surface area contributed by atoms with E-state index in [0.717, 1.165) is 17.0 Å². The van der Waals surface area contributed by atoms with E-state index in [1.165, 1.54) is 0 Å². The van der Waals surface area contributed by atoms with Crippen LogP contribution in [0, 0.1) is 0 Å². The molecule has 1 atom stereocenters. The lowest BCUT2D eigenvalue weighted by Crippen LogP contribution is -2.37. The Labute approximate surface area is 99.3 Å². The predicted molar refractivity (Wildman–Crippen MR) is 63.9 cm³/mol. The molecule has 1 N–H and O–H groups in total. The summed E-state index contributed by atoms with van der Waals surface area (Å²) in [5.41, 5.74) is -0.155. The Kier molecular flexibility index (Phi) is 4.37. The number of hydrogen-bond acceptors (Lipinski definition) is 3. The smallest absolute Gasteiger partial charge is 0.169 e. The third-order valence-corrected chi connectivity index (χ3v) is 2.83. The molecule has 0 radical (unpaired) electrons. The van der Waals surface area contributed by atoms with Crippen molar-refractivity contribution in [1.82, 2.24) is 5.32 Å². The van der Waals surface area contributed by atoms with E-state index < -0.39 is 0 Å². The second kappa shape index (κ2) is 5.14. The highest BCUT2D eigenvalue weighted by atomic mass is 79.9. The Balaban J connectivity index is 2.46. The van der Waals surface area contributed by atoms with Crippen LogP contribution in [0.5, 0.6) is 0 Å². The Hall–Kier alpha value is -0.320. The minimum absolute atomic E-state index is 0.155. The zero-order valence-electron chi connectivity index (χ0n) is 9.63. The van der Waals surface area contributed by atoms with Crippen LogP contribution in [-0.4, -0.2) is 19.3 Å². The molecule has 0 saturated carbocycles. The average molecular weight is 276 g/mol. The van der Waals surface area contributed by atoms with E-state index in [0.29, 0.717) is 0 Å². The Morgan fingerprint density at radius 2 is 2.20 bits per heavy atom. The van der Waals surface area contributed by atoms with Crippen molar-refractivity contribution in [1.29, 1.82) is 0 Å². The minimum atomic E-state index is -0.155. The van der Waals surface area contributed by atoms with Crippen molar-refractivity contribution in [2.45, 2.75) is 32.4 Å². The molecule has 15 heavy (non-hydrogen) atoms. The molecule has 86 valence electrons. The second-order valence-electron chi connectivity index (χ2n) is 4.21. The number of rotatable bonds is 5. The molecule has 0 aromatic carbocycles. The first-order valence-corrected chi connectivity index (χ1v) is 5.78. The van der Waals surface area contributed by atoms with E-state index >= 15 is 0 Å². The first-order valence-electron chi connectivity index (χ1n) is 4.98. The monoisotopic (exact) mass is 275 g/mol. The van der Waals surface area contributed by atoms with Gasteiger partial charge in [-0.25, -0.2) is 0 Å². The zero-order chi connectivity index (χ0) is 11.5. The van der Waals surface area contributed by atoms with Crippen molar-refractivity contribution in [3.05, 3.63) is 22.6 Å². The summed E-state index contributed by atoms with van der Waals surface area (Å²) in [5.74, 6) is 0.925. The van der Waals surface area contributed by atoms with Gasteiger partial charge in [0.05, 0.1) is 11.6 Å². The van der Waals surface area contributed by atoms with E-state index in [2.05, 4.69) is 28.2 Å². The molecule has 1 unspecified atom stereocenters. The summed E-state index contributed by atoms with van der Waals surface area (Å²) in [5, 5.41) is 3.36. The van der Waals surface area contributed by atoms with E-state index in [1.54, 1.807) is 7.11 Å². The van der Waals surface area contributed by atoms with Crippen LogP contribution in [0.4, 0.5) is 0 Å². The SMILES string of the molecule is COC(C)(C)CNC(C)c1ccc(Br)o1. The second-order valence-corrected chi connectivity index (χ2v) is 4.99. The van der Waals surface area contributed by atoms with Gasteiger partial charge >= 0.3 is 0 Å². The van der Waals surface area contributed by atoms with Gasteiger partial charge in [-0.2, -0.15) is 0 Å². The zero-order valence-corrected chi connectivity index (χ0v) is 11.2. The van der Waals surface area contributed by atoms with Crippen LogP contribution in [-0.2, 0) is 4.74 Å². The number of halogens is 1. The summed E-state index contributed by atoms with van der Waals surface area (Å²) >= 11 is 3.29. The van der Waals surface area contributed by atoms with Gasteiger partial charge in [0.15, 0.2) is 4.67 Å². The van der Waals surface area contributed by atoms with Gasteiger partial charge in [-0.05, 0) is 48.8 Å². The molecular formula is C11H18BrNO2. The van der Waals surface area contributed by atoms with Crippen molar-refractivity contribution in [3.8, 4) is 0 Å². The highest BCUT2D eigenvalue weighted by molar-refractivity contribution is 9.10. The fourth-order valence-corrected chi connectivity index (χ4v) is 1.45. The van der Waals surface area contributed by atoms with E-state index in [9.17, 15) is 0 Å². The van der Waals surface area contributed by atoms with Crippen molar-refractivity contribution >= 4 is 15.9 Å². The number of methoxy groups -OCH3 is 1. The van der Waals surface area contributed by atoms with Crippen molar-refractivity contribution in [3.63, 3.8) is 0 Å². The highest BCUT2D eigenvalue weighted by Gasteiger charge is 2.18. The lowest BCUT2D eigenvalue weighted by atomic mass is 10.1. The molecule has 1 aromatic heterocycles. The molecule has 3 nitrogen and oxygen atoms in total. The van der Waals surface area contributed by atoms with Crippen LogP contribution >= 0.6 is 15.9 Å². The molecule has 0 fully saturated rings. The standard InChI is InChI=1S/C11H18BrNO2/c1-8(9-5-6-10(12)15-9)13-7-11(2,3)14-4/h5-6,8,13H,7H2,1-4H3. The van der Waals surface area contributed by atoms with Crippen molar-refractivity contribution in [2.75, 3.05) is 13.7 Å². The molecule has 1 aromatic rings. The topological polar surface area (TPSA) is 34.4 Å². The molecule has 0 amide bonds. The minimum Gasteiger partial charge on any atom is -0.453 e. The summed E-state index contributed by atoms with van der Waals surface area (Å²) in [6, 6.07) is 4.04. The summed E-state index contributed by atoms with van der Waals surface area (Å²) in [6.07, 6.45) is 0. The van der Waals surface area contributed by atoms with Crippen LogP contribution in [0.1, 0.15) is 32.6 Å². The first-order chi connectivity index (χ1) is 6.94. The molecule has 0 aliphatic heterocycles. The molecule has 0 aliphatic carbocycles. The Morgan fingerprint density at radius 3 is 2.67 bits per heavy atom. The van der Waals surface area contributed by atoms with Gasteiger partial charge in [0.2, 0.25) is 0 Å². The highest BCUT2D eigenvalue weighted by Crippen LogP contribution is 2.20. The van der Waals surface area contributed by atoms with Crippen LogP contribution in [0.2, 0.25) is 0 Å². The average Bonchev–Trinajstić information content (AvgIpc) is 2.61. The van der Waals surface area contributed by atoms with Crippen LogP contribution in [0.25, 0.3) is 0 Å². The number of furan rings is 1. The Bertz CT molecular complexity index is 309. The van der Waals surface area contributed by atoms with E-state index in [-0.39, 0.29) is 11.6 Å². The molecule has 0 saturated heterocycles. The molecule has 0 bridgehead atoms. The third-order valence-electron chi connectivity index (χ3n) is 2.41. The number of nitrogens with one attached hydrogen (secondary N) is 1. The van der Waals surface area contributed by atoms with Gasteiger partial charge in [-0.15, -0.1) is 0 Å². The van der Waals surface area contributed by atoms with E-state index in [4.69, 9.17) is 9.15 Å². The third kappa shape index (κ3) is 3.97. The van der Waals surface area contributed by atoms with Gasteiger partial charge in [-0.1, -0.05) is 0 Å². The van der Waals surface area contributed by atoms with Gasteiger partial charge in [-0.3, -0.25) is 0 Å². The van der Waals surface area contributed by atoms with Gasteiger partial charge < -0.3 is 14.5 Å². The largest absolute Gasteiger partial charge is 0.453 e. The normalized spacial score (nSPS) is 14.2. The van der Waals surface area contributed by atoms with Gasteiger partial charge in [0.25, 0.3) is 0 Å². The van der Waals surface area contributed by atoms with Gasteiger partial charge in [0.1, 0.15) is 5.76 Å². The predicted octanol–water partition coefficient (Wildman–Crippen LogP) is 3.12. The molecule has 4 heteroatoms. The number of ether oxygens (including phenoxy) is 1. The van der Waals surface area contributed by atoms with Crippen molar-refractivity contribution in [2.24, 2.45) is 0 Å². The first kappa shape index (κ1) is 12.7. The molecule has 0 aliphatic rings. The Morgan fingerprint density at radius 1 is 1.53 bits per heavy atom. The summed E-state index contributed by atoms with van der Waals surface area (Å²) in [6.45, 7) is 6.94. The molecule has 1 heterocycles. The molecule has 0 spiro atoms. The van der Waals surface area contributed by atoms with Crippen LogP contribution < -0.4 is 5.32 Å². The summed E-state index contributed by atoms with van der Waals surface area (Å²) in [7, 11) is 1.72. The fourth-order valence-electron chi connectivity index (χ4n) is 1.13. The maximum atomic E-state index is 5.46. The summed E-state index contributed by atoms with van der Waals surface area (Å²) < 4.78 is 11.5. The van der Waals surface area contributed by atoms with Crippen LogP contribution in [0.3, 0.4) is 0 Å². The van der Waals surface area contributed by atoms with Crippen molar-refractivity contribution < 1.29 is 9.15 Å². The maximum Gasteiger partial charge on any atom is 0.169 e. The summed E-state index contributed by atoms with van der Waals surface area (Å²) in [4.78, 5) is 0. The lowest BCUT2D eigenvalue weighted by molar-refractivity contribution is 0.0209. The fraction of sp³-hybridized carbons (Fsp3) is 0.636. The lowest BCUT2D eigenvalue weighted by Gasteiger charge is -2.25. The van der Waals surface area contributed by atoms with Crippen LogP contribution in [0.15, 0.2) is 21.2 Å². The van der Waals surface area contributed by atoms with Gasteiger partial charge in [0, 0.05) is 13.7 Å². The van der Waals surface area contributed by atoms with E-state index in [1.807, 2.05) is 26.0 Å². The molecule has 1 rings (SSSR count). The maximum absolute atomic E-state index is 5.46.